The SMILES string of the molecule is COc1ccc(-n2c(C)cc(C=C3C(=O)NC(=S)N(c4cccc(C(=O)O)c4)C3=O)c2C)cc1. The molecule has 9 heteroatoms. The zero-order valence-electron chi connectivity index (χ0n) is 18.7. The molecule has 1 fully saturated rings. The lowest BCUT2D eigenvalue weighted by molar-refractivity contribution is -0.122. The number of carbonyl (C=O) groups excluding carboxylic acids is 2. The minimum Gasteiger partial charge on any atom is -0.497 e. The van der Waals surface area contributed by atoms with Gasteiger partial charge in [-0.05, 0) is 86.2 Å². The minimum absolute atomic E-state index is 0.00133. The Hall–Kier alpha value is -4.24. The fourth-order valence-electron chi connectivity index (χ4n) is 3.89. The Morgan fingerprint density at radius 3 is 2.41 bits per heavy atom. The second-order valence-electron chi connectivity index (χ2n) is 7.67. The van der Waals surface area contributed by atoms with Gasteiger partial charge >= 0.3 is 5.97 Å². The van der Waals surface area contributed by atoms with Gasteiger partial charge in [0.1, 0.15) is 11.3 Å². The third-order valence-electron chi connectivity index (χ3n) is 5.55. The summed E-state index contributed by atoms with van der Waals surface area (Å²) in [5.74, 6) is -1.65. The van der Waals surface area contributed by atoms with Crippen LogP contribution in [-0.4, -0.2) is 39.7 Å². The number of aromatic nitrogens is 1. The first kappa shape index (κ1) is 22.9. The highest BCUT2D eigenvalue weighted by atomic mass is 32.1. The van der Waals surface area contributed by atoms with E-state index in [9.17, 15) is 19.5 Å². The largest absolute Gasteiger partial charge is 0.497 e. The number of nitrogens with zero attached hydrogens (tertiary/aromatic N) is 2. The fraction of sp³-hybridized carbons (Fsp3) is 0.120. The number of hydrogen-bond acceptors (Lipinski definition) is 5. The van der Waals surface area contributed by atoms with Crippen LogP contribution in [-0.2, 0) is 9.59 Å². The van der Waals surface area contributed by atoms with E-state index in [-0.39, 0.29) is 21.9 Å². The number of carboxylic acids is 1. The topological polar surface area (TPSA) is 101 Å². The van der Waals surface area contributed by atoms with Crippen LogP contribution in [0.1, 0.15) is 27.3 Å². The first-order chi connectivity index (χ1) is 16.2. The van der Waals surface area contributed by atoms with Gasteiger partial charge < -0.3 is 14.4 Å². The number of ether oxygens (including phenoxy) is 1. The average molecular weight is 476 g/mol. The van der Waals surface area contributed by atoms with Crippen molar-refractivity contribution in [1.82, 2.24) is 9.88 Å². The molecule has 2 aromatic carbocycles. The van der Waals surface area contributed by atoms with Crippen LogP contribution in [0.4, 0.5) is 5.69 Å². The van der Waals surface area contributed by atoms with E-state index < -0.39 is 17.8 Å². The van der Waals surface area contributed by atoms with E-state index in [4.69, 9.17) is 17.0 Å². The quantitative estimate of drug-likeness (QED) is 0.332. The Bertz CT molecular complexity index is 1370. The van der Waals surface area contributed by atoms with Crippen LogP contribution >= 0.6 is 12.2 Å². The van der Waals surface area contributed by atoms with E-state index in [1.165, 1.54) is 24.3 Å². The van der Waals surface area contributed by atoms with Crippen molar-refractivity contribution < 1.29 is 24.2 Å². The molecule has 34 heavy (non-hydrogen) atoms. The number of aryl methyl sites for hydroxylation is 1. The minimum atomic E-state index is -1.14. The van der Waals surface area contributed by atoms with Crippen LogP contribution in [0.15, 0.2) is 60.2 Å². The van der Waals surface area contributed by atoms with Crippen molar-refractivity contribution in [1.29, 1.82) is 0 Å². The van der Waals surface area contributed by atoms with Crippen LogP contribution in [0.3, 0.4) is 0 Å². The molecule has 4 rings (SSSR count). The van der Waals surface area contributed by atoms with Crippen molar-refractivity contribution in [2.45, 2.75) is 13.8 Å². The highest BCUT2D eigenvalue weighted by Crippen LogP contribution is 2.27. The Kier molecular flexibility index (Phi) is 6.04. The maximum absolute atomic E-state index is 13.3. The van der Waals surface area contributed by atoms with Gasteiger partial charge in [0.05, 0.1) is 18.4 Å². The summed E-state index contributed by atoms with van der Waals surface area (Å²) < 4.78 is 7.23. The van der Waals surface area contributed by atoms with E-state index in [2.05, 4.69) is 5.32 Å². The van der Waals surface area contributed by atoms with E-state index in [1.54, 1.807) is 13.2 Å². The molecule has 0 saturated carbocycles. The lowest BCUT2D eigenvalue weighted by Crippen LogP contribution is -2.54. The van der Waals surface area contributed by atoms with E-state index in [0.29, 0.717) is 5.56 Å². The zero-order chi connectivity index (χ0) is 24.6. The van der Waals surface area contributed by atoms with Gasteiger partial charge in [0.2, 0.25) is 0 Å². The van der Waals surface area contributed by atoms with E-state index in [0.717, 1.165) is 27.7 Å². The van der Waals surface area contributed by atoms with Crippen molar-refractivity contribution in [3.63, 3.8) is 0 Å². The highest BCUT2D eigenvalue weighted by Gasteiger charge is 2.35. The van der Waals surface area contributed by atoms with Gasteiger partial charge in [0.25, 0.3) is 11.8 Å². The molecule has 0 spiro atoms. The number of amides is 2. The van der Waals surface area contributed by atoms with Crippen LogP contribution in [0, 0.1) is 13.8 Å². The number of thiocarbonyl (C=S) groups is 1. The molecule has 0 bridgehead atoms. The normalized spacial score (nSPS) is 15.0. The van der Waals surface area contributed by atoms with Gasteiger partial charge in [-0.25, -0.2) is 4.79 Å². The molecule has 2 amide bonds. The number of methoxy groups -OCH3 is 1. The van der Waals surface area contributed by atoms with Gasteiger partial charge in [-0.3, -0.25) is 19.8 Å². The van der Waals surface area contributed by atoms with E-state index in [1.807, 2.05) is 48.7 Å². The van der Waals surface area contributed by atoms with Gasteiger partial charge in [0.15, 0.2) is 5.11 Å². The van der Waals surface area contributed by atoms with Crippen molar-refractivity contribution in [3.05, 3.63) is 82.7 Å². The number of benzene rings is 2. The van der Waals surface area contributed by atoms with Crippen LogP contribution < -0.4 is 15.0 Å². The summed E-state index contributed by atoms with van der Waals surface area (Å²) in [6.45, 7) is 3.83. The molecule has 172 valence electrons. The molecular formula is C25H21N3O5S. The monoisotopic (exact) mass is 475 g/mol. The molecule has 8 nitrogen and oxygen atoms in total. The molecule has 0 aliphatic carbocycles. The Morgan fingerprint density at radius 2 is 1.76 bits per heavy atom. The number of aromatic carboxylic acids is 1. The summed E-state index contributed by atoms with van der Waals surface area (Å²) in [5.41, 5.74) is 3.50. The number of carboxylic acid groups (broad SMARTS) is 1. The molecule has 1 saturated heterocycles. The predicted molar refractivity (Wildman–Crippen MR) is 131 cm³/mol. The second-order valence-corrected chi connectivity index (χ2v) is 8.06. The number of hydrogen-bond donors (Lipinski definition) is 2. The second kappa shape index (κ2) is 8.95. The first-order valence-corrected chi connectivity index (χ1v) is 10.7. The molecular weight excluding hydrogens is 454 g/mol. The van der Waals surface area contributed by atoms with Crippen molar-refractivity contribution >= 4 is 46.9 Å². The maximum Gasteiger partial charge on any atom is 0.335 e. The lowest BCUT2D eigenvalue weighted by Gasteiger charge is -2.29. The van der Waals surface area contributed by atoms with Crippen molar-refractivity contribution in [2.75, 3.05) is 12.0 Å². The summed E-state index contributed by atoms with van der Waals surface area (Å²) >= 11 is 5.21. The molecule has 0 radical (unpaired) electrons. The standard InChI is InChI=1S/C25H21N3O5S/c1-14-11-17(15(2)27(14)18-7-9-20(33-3)10-8-18)13-21-22(29)26-25(34)28(23(21)30)19-6-4-5-16(12-19)24(31)32/h4-13H,1-3H3,(H,31,32)(H,26,29,34). The summed E-state index contributed by atoms with van der Waals surface area (Å²) in [7, 11) is 1.60. The molecule has 2 N–H and O–H groups in total. The van der Waals surface area contributed by atoms with Gasteiger partial charge in [-0.15, -0.1) is 0 Å². The third kappa shape index (κ3) is 4.08. The number of rotatable bonds is 5. The Labute approximate surface area is 201 Å². The molecule has 1 aliphatic rings. The Morgan fingerprint density at radius 1 is 1.06 bits per heavy atom. The molecule has 0 unspecified atom stereocenters. The lowest BCUT2D eigenvalue weighted by atomic mass is 10.1. The van der Waals surface area contributed by atoms with Gasteiger partial charge in [0, 0.05) is 17.1 Å². The van der Waals surface area contributed by atoms with Crippen LogP contribution in [0.25, 0.3) is 11.8 Å². The number of nitrogens with one attached hydrogen (secondary N) is 1. The molecule has 0 atom stereocenters. The van der Waals surface area contributed by atoms with Crippen LogP contribution in [0.2, 0.25) is 0 Å². The molecule has 1 aromatic heterocycles. The molecule has 2 heterocycles. The summed E-state index contributed by atoms with van der Waals surface area (Å²) in [4.78, 5) is 38.5. The van der Waals surface area contributed by atoms with Crippen molar-refractivity contribution in [2.24, 2.45) is 0 Å². The smallest absolute Gasteiger partial charge is 0.335 e. The third-order valence-corrected chi connectivity index (χ3v) is 5.84. The van der Waals surface area contributed by atoms with Crippen LogP contribution in [0.5, 0.6) is 5.75 Å². The number of carbonyl (C=O) groups is 3. The highest BCUT2D eigenvalue weighted by molar-refractivity contribution is 7.80. The predicted octanol–water partition coefficient (Wildman–Crippen LogP) is 3.63. The molecule has 1 aliphatic heterocycles. The summed E-state index contributed by atoms with van der Waals surface area (Å²) in [6.07, 6.45) is 1.52. The fourth-order valence-corrected chi connectivity index (χ4v) is 4.17. The maximum atomic E-state index is 13.3. The van der Waals surface area contributed by atoms with E-state index >= 15 is 0 Å². The summed E-state index contributed by atoms with van der Waals surface area (Å²) in [6, 6.07) is 15.2. The zero-order valence-corrected chi connectivity index (χ0v) is 19.5. The van der Waals surface area contributed by atoms with Gasteiger partial charge in [-0.2, -0.15) is 0 Å². The van der Waals surface area contributed by atoms with Crippen molar-refractivity contribution in [3.8, 4) is 11.4 Å². The first-order valence-electron chi connectivity index (χ1n) is 10.3. The average Bonchev–Trinajstić information content (AvgIpc) is 3.09. The van der Waals surface area contributed by atoms with Gasteiger partial charge in [-0.1, -0.05) is 6.07 Å². The Balaban J connectivity index is 1.74. The molecule has 3 aromatic rings. The number of anilines is 1. The summed E-state index contributed by atoms with van der Waals surface area (Å²) in [5, 5.41) is 11.7.